The zero-order valence-corrected chi connectivity index (χ0v) is 15.3. The molecule has 1 atom stereocenters. The number of nitrogens with one attached hydrogen (secondary N) is 1. The van der Waals surface area contributed by atoms with Crippen molar-refractivity contribution in [2.75, 3.05) is 31.6 Å². The van der Waals surface area contributed by atoms with Gasteiger partial charge in [-0.3, -0.25) is 10.00 Å². The first-order valence-corrected chi connectivity index (χ1v) is 8.78. The van der Waals surface area contributed by atoms with Crippen molar-refractivity contribution in [3.8, 4) is 11.5 Å². The molecular formula is C18H24N4O4. The van der Waals surface area contributed by atoms with Gasteiger partial charge in [0, 0.05) is 26.1 Å². The highest BCUT2D eigenvalue weighted by Gasteiger charge is 2.48. The van der Waals surface area contributed by atoms with E-state index in [4.69, 9.17) is 13.9 Å². The molecule has 2 aromatic rings. The van der Waals surface area contributed by atoms with Crippen LogP contribution in [0.1, 0.15) is 20.3 Å². The molecule has 2 saturated heterocycles. The van der Waals surface area contributed by atoms with Crippen LogP contribution in [0.3, 0.4) is 0 Å². The summed E-state index contributed by atoms with van der Waals surface area (Å²) in [5.74, 6) is 1.28. The van der Waals surface area contributed by atoms with Crippen molar-refractivity contribution in [2.24, 2.45) is 7.05 Å². The van der Waals surface area contributed by atoms with E-state index < -0.39 is 11.2 Å². The third-order valence-corrected chi connectivity index (χ3v) is 4.79. The van der Waals surface area contributed by atoms with Crippen LogP contribution in [0.15, 0.2) is 28.9 Å². The van der Waals surface area contributed by atoms with Gasteiger partial charge in [0.25, 0.3) is 0 Å². The summed E-state index contributed by atoms with van der Waals surface area (Å²) in [7, 11) is 1.79. The lowest BCUT2D eigenvalue weighted by Gasteiger charge is -2.47. The van der Waals surface area contributed by atoms with Crippen LogP contribution in [-0.2, 0) is 16.5 Å². The molecule has 8 nitrogen and oxygen atoms in total. The van der Waals surface area contributed by atoms with Crippen molar-refractivity contribution in [3.05, 3.63) is 24.5 Å². The molecule has 4 rings (SSSR count). The number of amides is 2. The fraction of sp³-hybridized carbons (Fsp3) is 0.556. The quantitative estimate of drug-likeness (QED) is 0.890. The Balaban J connectivity index is 1.51. The number of hydrogen-bond donors (Lipinski definition) is 1. The Bertz CT molecular complexity index is 790. The fourth-order valence-electron chi connectivity index (χ4n) is 3.77. The Morgan fingerprint density at radius 2 is 2.19 bits per heavy atom. The summed E-state index contributed by atoms with van der Waals surface area (Å²) in [5, 5.41) is 7.35. The molecule has 8 heteroatoms. The fourth-order valence-corrected chi connectivity index (χ4v) is 3.77. The lowest BCUT2D eigenvalue weighted by molar-refractivity contribution is -0.185. The minimum absolute atomic E-state index is 0.165. The van der Waals surface area contributed by atoms with Crippen LogP contribution in [-0.4, -0.2) is 58.2 Å². The number of furan rings is 1. The van der Waals surface area contributed by atoms with Crippen molar-refractivity contribution >= 4 is 11.8 Å². The second-order valence-corrected chi connectivity index (χ2v) is 7.65. The average Bonchev–Trinajstić information content (AvgIpc) is 3.28. The van der Waals surface area contributed by atoms with Gasteiger partial charge >= 0.3 is 6.03 Å². The number of anilines is 1. The number of rotatable bonds is 2. The van der Waals surface area contributed by atoms with Gasteiger partial charge in [-0.05, 0) is 26.0 Å². The number of ether oxygens (including phenoxy) is 2. The highest BCUT2D eigenvalue weighted by atomic mass is 16.6. The van der Waals surface area contributed by atoms with Crippen LogP contribution in [0.2, 0.25) is 0 Å². The Morgan fingerprint density at radius 1 is 1.35 bits per heavy atom. The van der Waals surface area contributed by atoms with E-state index >= 15 is 0 Å². The second-order valence-electron chi connectivity index (χ2n) is 7.65. The number of urea groups is 1. The summed E-state index contributed by atoms with van der Waals surface area (Å²) >= 11 is 0. The number of aryl methyl sites for hydroxylation is 1. The van der Waals surface area contributed by atoms with Crippen LogP contribution in [0.5, 0.6) is 0 Å². The molecule has 2 aromatic heterocycles. The molecule has 2 aliphatic rings. The van der Waals surface area contributed by atoms with Gasteiger partial charge in [0.15, 0.2) is 5.76 Å². The van der Waals surface area contributed by atoms with Crippen LogP contribution in [0.25, 0.3) is 11.5 Å². The third kappa shape index (κ3) is 3.22. The average molecular weight is 360 g/mol. The molecular weight excluding hydrogens is 336 g/mol. The second kappa shape index (κ2) is 6.14. The van der Waals surface area contributed by atoms with Crippen molar-refractivity contribution < 1.29 is 18.7 Å². The van der Waals surface area contributed by atoms with Crippen LogP contribution >= 0.6 is 0 Å². The predicted octanol–water partition coefficient (Wildman–Crippen LogP) is 2.48. The summed E-state index contributed by atoms with van der Waals surface area (Å²) < 4.78 is 18.8. The monoisotopic (exact) mass is 360 g/mol. The minimum Gasteiger partial charge on any atom is -0.463 e. The van der Waals surface area contributed by atoms with Crippen molar-refractivity contribution in [1.82, 2.24) is 14.7 Å². The van der Waals surface area contributed by atoms with E-state index in [2.05, 4.69) is 10.4 Å². The van der Waals surface area contributed by atoms with Crippen LogP contribution < -0.4 is 5.32 Å². The highest BCUT2D eigenvalue weighted by Crippen LogP contribution is 2.35. The number of nitrogens with zero attached hydrogens (tertiary/aromatic N) is 3. The molecule has 2 amide bonds. The normalized spacial score (nSPS) is 25.0. The Labute approximate surface area is 152 Å². The van der Waals surface area contributed by atoms with Crippen molar-refractivity contribution in [2.45, 2.75) is 31.5 Å². The van der Waals surface area contributed by atoms with Gasteiger partial charge in [0.05, 0.1) is 31.6 Å². The molecule has 0 saturated carbocycles. The molecule has 0 radical (unpaired) electrons. The molecule has 1 unspecified atom stereocenters. The largest absolute Gasteiger partial charge is 0.463 e. The lowest BCUT2D eigenvalue weighted by Crippen LogP contribution is -2.62. The minimum atomic E-state index is -0.422. The third-order valence-electron chi connectivity index (χ3n) is 4.79. The zero-order chi connectivity index (χ0) is 18.4. The van der Waals surface area contributed by atoms with E-state index in [0.717, 1.165) is 6.42 Å². The smallest absolute Gasteiger partial charge is 0.323 e. The van der Waals surface area contributed by atoms with Crippen LogP contribution in [0, 0.1) is 0 Å². The molecule has 0 aromatic carbocycles. The van der Waals surface area contributed by atoms with Crippen molar-refractivity contribution in [3.63, 3.8) is 0 Å². The van der Waals surface area contributed by atoms with E-state index in [9.17, 15) is 4.79 Å². The van der Waals surface area contributed by atoms with Gasteiger partial charge < -0.3 is 18.8 Å². The molecule has 0 aliphatic carbocycles. The predicted molar refractivity (Wildman–Crippen MR) is 94.8 cm³/mol. The van der Waals surface area contributed by atoms with Gasteiger partial charge in [-0.25, -0.2) is 4.79 Å². The van der Waals surface area contributed by atoms with Gasteiger partial charge in [0.2, 0.25) is 0 Å². The summed E-state index contributed by atoms with van der Waals surface area (Å²) in [6.45, 7) is 6.24. The summed E-state index contributed by atoms with van der Waals surface area (Å²) in [6.07, 6.45) is 2.40. The molecule has 1 N–H and O–H groups in total. The maximum atomic E-state index is 12.9. The molecule has 140 valence electrons. The molecule has 26 heavy (non-hydrogen) atoms. The maximum Gasteiger partial charge on any atom is 0.323 e. The first-order chi connectivity index (χ1) is 12.4. The lowest BCUT2D eigenvalue weighted by atomic mass is 9.95. The standard InChI is InChI=1S/C18H24N4O4/c1-17(2)10-22(11-18(26-17)6-8-24-12-18)16(23)19-15-9-13(20-21(15)3)14-5-4-7-25-14/h4-5,7,9H,6,8,10-12H2,1-3H3,(H,19,23). The summed E-state index contributed by atoms with van der Waals surface area (Å²) in [4.78, 5) is 14.7. The SMILES string of the molecule is Cn1nc(-c2ccco2)cc1NC(=O)N1CC(C)(C)OC2(CCOC2)C1. The van der Waals surface area contributed by atoms with E-state index in [1.54, 1.807) is 35.0 Å². The highest BCUT2D eigenvalue weighted by molar-refractivity contribution is 5.89. The van der Waals surface area contributed by atoms with Gasteiger partial charge in [-0.2, -0.15) is 5.10 Å². The maximum absolute atomic E-state index is 12.9. The molecule has 2 aliphatic heterocycles. The van der Waals surface area contributed by atoms with Gasteiger partial charge in [0.1, 0.15) is 17.1 Å². The van der Waals surface area contributed by atoms with E-state index in [0.29, 0.717) is 43.6 Å². The van der Waals surface area contributed by atoms with Crippen LogP contribution in [0.4, 0.5) is 10.6 Å². The van der Waals surface area contributed by atoms with Crippen molar-refractivity contribution in [1.29, 1.82) is 0 Å². The number of carbonyl (C=O) groups excluding carboxylic acids is 1. The zero-order valence-electron chi connectivity index (χ0n) is 15.3. The number of carbonyl (C=O) groups is 1. The first-order valence-electron chi connectivity index (χ1n) is 8.78. The van der Waals surface area contributed by atoms with E-state index in [-0.39, 0.29) is 6.03 Å². The number of hydrogen-bond acceptors (Lipinski definition) is 5. The van der Waals surface area contributed by atoms with Gasteiger partial charge in [-0.15, -0.1) is 0 Å². The summed E-state index contributed by atoms with van der Waals surface area (Å²) in [6, 6.07) is 5.28. The van der Waals surface area contributed by atoms with E-state index in [1.807, 2.05) is 19.9 Å². The Hall–Kier alpha value is -2.32. The number of morpholine rings is 1. The summed E-state index contributed by atoms with van der Waals surface area (Å²) in [5.41, 5.74) is -0.157. The molecule has 0 bridgehead atoms. The van der Waals surface area contributed by atoms with E-state index in [1.165, 1.54) is 0 Å². The molecule has 2 fully saturated rings. The molecule has 4 heterocycles. The Kier molecular flexibility index (Phi) is 4.04. The molecule has 1 spiro atoms. The van der Waals surface area contributed by atoms with Gasteiger partial charge in [-0.1, -0.05) is 0 Å². The number of aromatic nitrogens is 2. The first kappa shape index (κ1) is 17.1. The topological polar surface area (TPSA) is 81.8 Å². The Morgan fingerprint density at radius 3 is 2.88 bits per heavy atom.